The van der Waals surface area contributed by atoms with Crippen molar-refractivity contribution in [2.45, 2.75) is 33.6 Å². The van der Waals surface area contributed by atoms with Crippen LogP contribution < -0.4 is 0 Å². The van der Waals surface area contributed by atoms with Crippen LogP contribution in [0.5, 0.6) is 0 Å². The van der Waals surface area contributed by atoms with E-state index in [0.29, 0.717) is 5.92 Å². The molecule has 114 valence electrons. The zero-order valence-electron chi connectivity index (χ0n) is 13.2. The van der Waals surface area contributed by atoms with Crippen molar-refractivity contribution >= 4 is 12.0 Å². The highest BCUT2D eigenvalue weighted by atomic mass is 16.3. The Morgan fingerprint density at radius 3 is 2.43 bits per heavy atom. The third kappa shape index (κ3) is 3.94. The zero-order chi connectivity index (χ0) is 15.4. The van der Waals surface area contributed by atoms with Crippen LogP contribution in [0.2, 0.25) is 0 Å². The summed E-state index contributed by atoms with van der Waals surface area (Å²) in [6, 6.07) is 4.29. The summed E-state index contributed by atoms with van der Waals surface area (Å²) < 4.78 is 0. The van der Waals surface area contributed by atoms with Crippen LogP contribution in [0.1, 0.15) is 35.1 Å². The lowest BCUT2D eigenvalue weighted by atomic mass is 9.97. The first kappa shape index (κ1) is 15.8. The van der Waals surface area contributed by atoms with Crippen molar-refractivity contribution in [1.82, 2.24) is 4.90 Å². The summed E-state index contributed by atoms with van der Waals surface area (Å²) in [5, 5.41) is 9.13. The van der Waals surface area contributed by atoms with Crippen LogP contribution in [0.3, 0.4) is 0 Å². The number of carbonyl (C=O) groups is 1. The zero-order valence-corrected chi connectivity index (χ0v) is 13.2. The number of rotatable bonds is 3. The number of aryl methyl sites for hydroxylation is 3. The van der Waals surface area contributed by atoms with Gasteiger partial charge in [-0.1, -0.05) is 12.1 Å². The van der Waals surface area contributed by atoms with Gasteiger partial charge in [0.15, 0.2) is 0 Å². The van der Waals surface area contributed by atoms with E-state index in [-0.39, 0.29) is 12.5 Å². The smallest absolute Gasteiger partial charge is 0.246 e. The molecule has 1 aliphatic heterocycles. The molecule has 0 unspecified atom stereocenters. The molecule has 1 aromatic rings. The molecule has 1 aromatic carbocycles. The quantitative estimate of drug-likeness (QED) is 0.868. The maximum atomic E-state index is 12.2. The summed E-state index contributed by atoms with van der Waals surface area (Å²) in [6.07, 6.45) is 5.40. The van der Waals surface area contributed by atoms with Crippen LogP contribution in [-0.2, 0) is 4.79 Å². The minimum atomic E-state index is 0.0732. The van der Waals surface area contributed by atoms with E-state index in [1.54, 1.807) is 6.08 Å². The highest BCUT2D eigenvalue weighted by Gasteiger charge is 2.20. The van der Waals surface area contributed by atoms with Crippen molar-refractivity contribution in [1.29, 1.82) is 0 Å². The molecule has 0 atom stereocenters. The lowest BCUT2D eigenvalue weighted by Crippen LogP contribution is -2.38. The molecule has 3 heteroatoms. The minimum Gasteiger partial charge on any atom is -0.396 e. The number of aliphatic hydroxyl groups is 1. The maximum Gasteiger partial charge on any atom is 0.246 e. The van der Waals surface area contributed by atoms with Crippen LogP contribution in [0.25, 0.3) is 6.08 Å². The molecule has 1 N–H and O–H groups in total. The second-order valence-corrected chi connectivity index (χ2v) is 6.08. The van der Waals surface area contributed by atoms with E-state index in [9.17, 15) is 4.79 Å². The Kier molecular flexibility index (Phi) is 5.18. The van der Waals surface area contributed by atoms with E-state index < -0.39 is 0 Å². The van der Waals surface area contributed by atoms with Crippen molar-refractivity contribution < 1.29 is 9.90 Å². The molecular formula is C18H25NO2. The van der Waals surface area contributed by atoms with Gasteiger partial charge in [-0.25, -0.2) is 0 Å². The number of piperidine rings is 1. The predicted octanol–water partition coefficient (Wildman–Crippen LogP) is 2.86. The lowest BCUT2D eigenvalue weighted by Gasteiger charge is -2.30. The van der Waals surface area contributed by atoms with Gasteiger partial charge in [-0.3, -0.25) is 4.79 Å². The van der Waals surface area contributed by atoms with Crippen LogP contribution in [-0.4, -0.2) is 35.6 Å². The van der Waals surface area contributed by atoms with Gasteiger partial charge >= 0.3 is 0 Å². The van der Waals surface area contributed by atoms with Crippen molar-refractivity contribution in [3.63, 3.8) is 0 Å². The molecule has 1 saturated heterocycles. The van der Waals surface area contributed by atoms with Gasteiger partial charge in [0, 0.05) is 25.8 Å². The number of aliphatic hydroxyl groups excluding tert-OH is 1. The number of amides is 1. The highest BCUT2D eigenvalue weighted by molar-refractivity contribution is 5.92. The summed E-state index contributed by atoms with van der Waals surface area (Å²) in [5.41, 5.74) is 4.83. The van der Waals surface area contributed by atoms with Gasteiger partial charge in [-0.2, -0.15) is 0 Å². The molecule has 0 saturated carbocycles. The molecule has 0 bridgehead atoms. The van der Waals surface area contributed by atoms with Gasteiger partial charge in [-0.05, 0) is 67.9 Å². The number of likely N-dealkylation sites (tertiary alicyclic amines) is 1. The Hall–Kier alpha value is -1.61. The first-order chi connectivity index (χ1) is 10.0. The fraction of sp³-hybridized carbons (Fsp3) is 0.500. The molecule has 0 spiro atoms. The third-order valence-electron chi connectivity index (χ3n) is 4.47. The summed E-state index contributed by atoms with van der Waals surface area (Å²) in [7, 11) is 0. The summed E-state index contributed by atoms with van der Waals surface area (Å²) in [4.78, 5) is 14.1. The Bertz CT molecular complexity index is 540. The molecule has 2 rings (SSSR count). The molecule has 0 aromatic heterocycles. The Morgan fingerprint density at radius 1 is 1.19 bits per heavy atom. The van der Waals surface area contributed by atoms with Gasteiger partial charge in [-0.15, -0.1) is 0 Å². The van der Waals surface area contributed by atoms with Crippen molar-refractivity contribution in [3.05, 3.63) is 40.5 Å². The number of benzene rings is 1. The van der Waals surface area contributed by atoms with Gasteiger partial charge in [0.25, 0.3) is 0 Å². The van der Waals surface area contributed by atoms with E-state index >= 15 is 0 Å². The number of hydrogen-bond acceptors (Lipinski definition) is 2. The SMILES string of the molecule is Cc1cc(C)c(/C=C/C(=O)N2CCC(CO)CC2)cc1C. The Balaban J connectivity index is 2.01. The Labute approximate surface area is 127 Å². The lowest BCUT2D eigenvalue weighted by molar-refractivity contribution is -0.127. The molecule has 1 amide bonds. The largest absolute Gasteiger partial charge is 0.396 e. The molecule has 1 aliphatic rings. The fourth-order valence-corrected chi connectivity index (χ4v) is 2.76. The second-order valence-electron chi connectivity index (χ2n) is 6.08. The summed E-state index contributed by atoms with van der Waals surface area (Å²) in [6.45, 7) is 8.00. The van der Waals surface area contributed by atoms with Crippen LogP contribution in [0.4, 0.5) is 0 Å². The first-order valence-electron chi connectivity index (χ1n) is 7.67. The van der Waals surface area contributed by atoms with E-state index in [4.69, 9.17) is 5.11 Å². The van der Waals surface area contributed by atoms with Gasteiger partial charge in [0.2, 0.25) is 5.91 Å². The average Bonchev–Trinajstić information content (AvgIpc) is 2.49. The number of hydrogen-bond donors (Lipinski definition) is 1. The molecule has 0 radical (unpaired) electrons. The topological polar surface area (TPSA) is 40.5 Å². The van der Waals surface area contributed by atoms with Crippen LogP contribution in [0, 0.1) is 26.7 Å². The maximum absolute atomic E-state index is 12.2. The predicted molar refractivity (Wildman–Crippen MR) is 86.1 cm³/mol. The molecule has 1 heterocycles. The van der Waals surface area contributed by atoms with Crippen LogP contribution in [0.15, 0.2) is 18.2 Å². The van der Waals surface area contributed by atoms with E-state index in [1.165, 1.54) is 16.7 Å². The minimum absolute atomic E-state index is 0.0732. The molecule has 0 aliphatic carbocycles. The molecule has 1 fully saturated rings. The monoisotopic (exact) mass is 287 g/mol. The van der Waals surface area contributed by atoms with Crippen molar-refractivity contribution in [3.8, 4) is 0 Å². The van der Waals surface area contributed by atoms with E-state index in [2.05, 4.69) is 32.9 Å². The van der Waals surface area contributed by atoms with Gasteiger partial charge in [0.1, 0.15) is 0 Å². The van der Waals surface area contributed by atoms with Crippen LogP contribution >= 0.6 is 0 Å². The highest BCUT2D eigenvalue weighted by Crippen LogP contribution is 2.19. The van der Waals surface area contributed by atoms with Crippen molar-refractivity contribution in [2.75, 3.05) is 19.7 Å². The summed E-state index contributed by atoms with van der Waals surface area (Å²) >= 11 is 0. The normalized spacial score (nSPS) is 16.7. The third-order valence-corrected chi connectivity index (χ3v) is 4.47. The molecular weight excluding hydrogens is 262 g/mol. The summed E-state index contributed by atoms with van der Waals surface area (Å²) in [5.74, 6) is 0.434. The first-order valence-corrected chi connectivity index (χ1v) is 7.67. The van der Waals surface area contributed by atoms with Gasteiger partial charge < -0.3 is 10.0 Å². The second kappa shape index (κ2) is 6.90. The van der Waals surface area contributed by atoms with Gasteiger partial charge in [0.05, 0.1) is 0 Å². The van der Waals surface area contributed by atoms with Crippen molar-refractivity contribution in [2.24, 2.45) is 5.92 Å². The average molecular weight is 287 g/mol. The molecule has 21 heavy (non-hydrogen) atoms. The van der Waals surface area contributed by atoms with E-state index in [0.717, 1.165) is 31.5 Å². The van der Waals surface area contributed by atoms with E-state index in [1.807, 2.05) is 11.0 Å². The number of carbonyl (C=O) groups excluding carboxylic acids is 1. The number of nitrogens with zero attached hydrogens (tertiary/aromatic N) is 1. The molecule has 3 nitrogen and oxygen atoms in total. The Morgan fingerprint density at radius 2 is 1.81 bits per heavy atom. The fourth-order valence-electron chi connectivity index (χ4n) is 2.76. The standard InChI is InChI=1S/C18H25NO2/c1-13-10-15(3)17(11-14(13)2)4-5-18(21)19-8-6-16(12-20)7-9-19/h4-5,10-11,16,20H,6-9,12H2,1-3H3/b5-4+.